The summed E-state index contributed by atoms with van der Waals surface area (Å²) in [7, 11) is 0. The van der Waals surface area contributed by atoms with E-state index in [9.17, 15) is 0 Å². The fourth-order valence-corrected chi connectivity index (χ4v) is 3.54. The Kier molecular flexibility index (Phi) is 4.52. The summed E-state index contributed by atoms with van der Waals surface area (Å²) in [6, 6.07) is 11.6. The van der Waals surface area contributed by atoms with E-state index in [1.165, 1.54) is 37.7 Å². The number of hydrogen-bond donors (Lipinski definition) is 1. The van der Waals surface area contributed by atoms with Gasteiger partial charge in [0, 0.05) is 6.04 Å². The molecular weight excluding hydrogens is 226 g/mol. The van der Waals surface area contributed by atoms with Crippen molar-refractivity contribution in [3.8, 4) is 0 Å². The lowest BCUT2D eigenvalue weighted by Gasteiger charge is -2.22. The molecule has 0 radical (unpaired) electrons. The minimum Gasteiger partial charge on any atom is -0.313 e. The van der Waals surface area contributed by atoms with E-state index in [1.807, 2.05) is 0 Å². The van der Waals surface area contributed by atoms with Gasteiger partial charge in [0.05, 0.1) is 0 Å². The first-order valence-electron chi connectivity index (χ1n) is 6.69. The summed E-state index contributed by atoms with van der Waals surface area (Å²) in [6.45, 7) is 1.15. The lowest BCUT2D eigenvalue weighted by Crippen LogP contribution is -2.35. The monoisotopic (exact) mass is 249 g/mol. The maximum absolute atomic E-state index is 3.76. The molecule has 2 aliphatic rings. The summed E-state index contributed by atoms with van der Waals surface area (Å²) < 4.78 is 0. The Morgan fingerprint density at radius 3 is 2.53 bits per heavy atom. The molecule has 0 aromatic heterocycles. The van der Waals surface area contributed by atoms with E-state index in [0.29, 0.717) is 0 Å². The molecule has 2 heteroatoms. The minimum absolute atomic E-state index is 0. The van der Waals surface area contributed by atoms with E-state index in [2.05, 4.69) is 35.6 Å². The predicted molar refractivity (Wildman–Crippen MR) is 77.8 cm³/mol. The summed E-state index contributed by atoms with van der Waals surface area (Å²) in [5.74, 6) is 2.06. The second-order valence-corrected chi connectivity index (χ2v) is 5.47. The highest BCUT2D eigenvalue weighted by Gasteiger charge is 2.38. The van der Waals surface area contributed by atoms with Gasteiger partial charge in [-0.15, -0.1) is 0 Å². The molecule has 0 heterocycles. The SMILES string of the molecule is S.c1ccc(CCNC2C[C@@H]3CC[C@H]2C3)cc1. The van der Waals surface area contributed by atoms with Crippen molar-refractivity contribution in [3.63, 3.8) is 0 Å². The summed E-state index contributed by atoms with van der Waals surface area (Å²) in [5, 5.41) is 3.76. The molecule has 3 atom stereocenters. The first kappa shape index (κ1) is 13.0. The lowest BCUT2D eigenvalue weighted by molar-refractivity contribution is 0.354. The van der Waals surface area contributed by atoms with Gasteiger partial charge in [0.2, 0.25) is 0 Å². The Balaban J connectivity index is 0.00000108. The van der Waals surface area contributed by atoms with Crippen LogP contribution in [-0.4, -0.2) is 12.6 Å². The predicted octanol–water partition coefficient (Wildman–Crippen LogP) is 3.12. The first-order chi connectivity index (χ1) is 7.92. The van der Waals surface area contributed by atoms with Gasteiger partial charge in [-0.25, -0.2) is 0 Å². The standard InChI is InChI=1S/C15H21N.H2S/c1-2-4-12(5-3-1)8-9-16-15-11-13-6-7-14(15)10-13;/h1-5,13-16H,6-11H2;1H2/t13-,14+,15?;/m1./s1. The normalized spacial score (nSPS) is 30.2. The molecule has 1 aromatic carbocycles. The van der Waals surface area contributed by atoms with Crippen LogP contribution in [0, 0.1) is 11.8 Å². The van der Waals surface area contributed by atoms with Crippen LogP contribution < -0.4 is 5.32 Å². The molecule has 0 aliphatic heterocycles. The van der Waals surface area contributed by atoms with Crippen LogP contribution in [0.25, 0.3) is 0 Å². The quantitative estimate of drug-likeness (QED) is 0.864. The maximum Gasteiger partial charge on any atom is 0.00981 e. The highest BCUT2D eigenvalue weighted by molar-refractivity contribution is 7.59. The second kappa shape index (κ2) is 5.92. The second-order valence-electron chi connectivity index (χ2n) is 5.47. The molecule has 2 saturated carbocycles. The van der Waals surface area contributed by atoms with Crippen molar-refractivity contribution < 1.29 is 0 Å². The van der Waals surface area contributed by atoms with Gasteiger partial charge < -0.3 is 5.32 Å². The summed E-state index contributed by atoms with van der Waals surface area (Å²) in [4.78, 5) is 0. The molecule has 2 fully saturated rings. The van der Waals surface area contributed by atoms with Gasteiger partial charge in [0.15, 0.2) is 0 Å². The number of benzene rings is 1. The number of fused-ring (bicyclic) bond motifs is 2. The third-order valence-corrected chi connectivity index (χ3v) is 4.40. The van der Waals surface area contributed by atoms with Crippen LogP contribution in [0.1, 0.15) is 31.2 Å². The lowest BCUT2D eigenvalue weighted by atomic mass is 9.95. The third kappa shape index (κ3) is 3.05. The van der Waals surface area contributed by atoms with Gasteiger partial charge in [-0.05, 0) is 49.6 Å². The van der Waals surface area contributed by atoms with Crippen molar-refractivity contribution in [1.82, 2.24) is 5.32 Å². The van der Waals surface area contributed by atoms with Crippen molar-refractivity contribution in [3.05, 3.63) is 35.9 Å². The van der Waals surface area contributed by atoms with E-state index < -0.39 is 0 Å². The van der Waals surface area contributed by atoms with Gasteiger partial charge in [-0.2, -0.15) is 13.5 Å². The minimum atomic E-state index is 0. The number of nitrogens with one attached hydrogen (secondary N) is 1. The van der Waals surface area contributed by atoms with Crippen LogP contribution in [-0.2, 0) is 6.42 Å². The zero-order valence-corrected chi connectivity index (χ0v) is 11.4. The van der Waals surface area contributed by atoms with Gasteiger partial charge in [0.1, 0.15) is 0 Å². The Morgan fingerprint density at radius 1 is 1.06 bits per heavy atom. The number of rotatable bonds is 4. The Labute approximate surface area is 111 Å². The highest BCUT2D eigenvalue weighted by Crippen LogP contribution is 2.44. The molecule has 0 saturated heterocycles. The topological polar surface area (TPSA) is 12.0 Å². The zero-order chi connectivity index (χ0) is 10.8. The molecule has 0 amide bonds. The largest absolute Gasteiger partial charge is 0.313 e. The van der Waals surface area contributed by atoms with E-state index in [-0.39, 0.29) is 13.5 Å². The van der Waals surface area contributed by atoms with Crippen LogP contribution in [0.15, 0.2) is 30.3 Å². The third-order valence-electron chi connectivity index (χ3n) is 4.40. The summed E-state index contributed by atoms with van der Waals surface area (Å²) in [6.07, 6.45) is 7.10. The summed E-state index contributed by atoms with van der Waals surface area (Å²) >= 11 is 0. The zero-order valence-electron chi connectivity index (χ0n) is 10.4. The molecule has 0 spiro atoms. The molecule has 94 valence electrons. The Morgan fingerprint density at radius 2 is 1.88 bits per heavy atom. The molecule has 1 N–H and O–H groups in total. The molecule has 17 heavy (non-hydrogen) atoms. The van der Waals surface area contributed by atoms with Gasteiger partial charge >= 0.3 is 0 Å². The Hall–Kier alpha value is -0.470. The van der Waals surface area contributed by atoms with Crippen LogP contribution in [0.4, 0.5) is 0 Å². The van der Waals surface area contributed by atoms with Crippen molar-refractivity contribution in [2.45, 2.75) is 38.1 Å². The molecule has 2 aliphatic carbocycles. The molecule has 1 nitrogen and oxygen atoms in total. The molecule has 1 aromatic rings. The highest BCUT2D eigenvalue weighted by atomic mass is 32.1. The van der Waals surface area contributed by atoms with Gasteiger partial charge in [-0.1, -0.05) is 36.8 Å². The maximum atomic E-state index is 3.76. The average molecular weight is 249 g/mol. The van der Waals surface area contributed by atoms with E-state index in [4.69, 9.17) is 0 Å². The fraction of sp³-hybridized carbons (Fsp3) is 0.600. The molecule has 2 bridgehead atoms. The molecule has 3 rings (SSSR count). The van der Waals surface area contributed by atoms with Gasteiger partial charge in [0.25, 0.3) is 0 Å². The van der Waals surface area contributed by atoms with E-state index in [0.717, 1.165) is 24.4 Å². The van der Waals surface area contributed by atoms with Gasteiger partial charge in [-0.3, -0.25) is 0 Å². The fourth-order valence-electron chi connectivity index (χ4n) is 3.54. The van der Waals surface area contributed by atoms with Crippen LogP contribution >= 0.6 is 13.5 Å². The van der Waals surface area contributed by atoms with Crippen molar-refractivity contribution in [2.75, 3.05) is 6.54 Å². The van der Waals surface area contributed by atoms with Crippen LogP contribution in [0.5, 0.6) is 0 Å². The molecule has 1 unspecified atom stereocenters. The Bertz CT molecular complexity index is 338. The summed E-state index contributed by atoms with van der Waals surface area (Å²) in [5.41, 5.74) is 1.46. The average Bonchev–Trinajstić information content (AvgIpc) is 2.92. The van der Waals surface area contributed by atoms with Crippen molar-refractivity contribution in [1.29, 1.82) is 0 Å². The van der Waals surface area contributed by atoms with E-state index >= 15 is 0 Å². The smallest absolute Gasteiger partial charge is 0.00981 e. The first-order valence-corrected chi connectivity index (χ1v) is 6.69. The molecular formula is C15H23NS. The van der Waals surface area contributed by atoms with Crippen LogP contribution in [0.3, 0.4) is 0 Å². The van der Waals surface area contributed by atoms with Crippen molar-refractivity contribution >= 4 is 13.5 Å². The van der Waals surface area contributed by atoms with Crippen LogP contribution in [0.2, 0.25) is 0 Å². The van der Waals surface area contributed by atoms with Crippen molar-refractivity contribution in [2.24, 2.45) is 11.8 Å². The van der Waals surface area contributed by atoms with E-state index in [1.54, 1.807) is 0 Å². The number of hydrogen-bond acceptors (Lipinski definition) is 1.